The molecule has 1 atom stereocenters. The summed E-state index contributed by atoms with van der Waals surface area (Å²) < 4.78 is 25.2. The Morgan fingerprint density at radius 1 is 0.731 bits per heavy atom. The molecule has 0 aliphatic heterocycles. The second-order valence-corrected chi connectivity index (χ2v) is 7.82. The number of aliphatic hydroxyl groups excluding tert-OH is 2. The predicted molar refractivity (Wildman–Crippen MR) is 96.4 cm³/mol. The van der Waals surface area contributed by atoms with Crippen molar-refractivity contribution in [1.82, 2.24) is 0 Å². The molecule has 0 aliphatic carbocycles. The Morgan fingerprint density at radius 3 is 1.62 bits per heavy atom. The lowest BCUT2D eigenvalue weighted by Crippen LogP contribution is -2.04. The van der Waals surface area contributed by atoms with Gasteiger partial charge in [0, 0.05) is 0 Å². The fourth-order valence-corrected chi connectivity index (χ4v) is 3.85. The Balaban J connectivity index is 1.86. The zero-order valence-electron chi connectivity index (χ0n) is 13.8. The summed E-state index contributed by atoms with van der Waals surface area (Å²) in [6.07, 6.45) is -0.895. The third-order valence-corrected chi connectivity index (χ3v) is 5.92. The summed E-state index contributed by atoms with van der Waals surface area (Å²) in [7, 11) is -3.69. The van der Waals surface area contributed by atoms with Gasteiger partial charge in [0.2, 0.25) is 9.84 Å². The van der Waals surface area contributed by atoms with Crippen LogP contribution in [0, 0.1) is 0 Å². The first-order valence-corrected chi connectivity index (χ1v) is 9.42. The fourth-order valence-electron chi connectivity index (χ4n) is 2.59. The first-order valence-electron chi connectivity index (χ1n) is 7.93. The van der Waals surface area contributed by atoms with Crippen molar-refractivity contribution < 1.29 is 23.7 Å². The molecule has 0 radical (unpaired) electrons. The Morgan fingerprint density at radius 2 is 1.15 bits per heavy atom. The molecular weight excluding hydrogens is 352 g/mol. The number of sulfone groups is 1. The number of aliphatic hydroxyl groups is 2. The summed E-state index contributed by atoms with van der Waals surface area (Å²) in [5, 5.41) is 28.8. The lowest BCUT2D eigenvalue weighted by Gasteiger charge is -2.13. The maximum Gasteiger partial charge on any atom is 0.206 e. The topological polar surface area (TPSA) is 94.8 Å². The minimum absolute atomic E-state index is 0.00497. The van der Waals surface area contributed by atoms with Crippen molar-refractivity contribution in [2.24, 2.45) is 0 Å². The summed E-state index contributed by atoms with van der Waals surface area (Å²) in [6, 6.07) is 18.2. The second-order valence-electron chi connectivity index (χ2n) is 5.87. The van der Waals surface area contributed by atoms with Gasteiger partial charge in [0.1, 0.15) is 11.9 Å². The molecule has 1 unspecified atom stereocenters. The Labute approximate surface area is 151 Å². The van der Waals surface area contributed by atoms with E-state index in [2.05, 4.69) is 0 Å². The molecular formula is C20H18O5S. The van der Waals surface area contributed by atoms with E-state index in [0.29, 0.717) is 11.1 Å². The van der Waals surface area contributed by atoms with Gasteiger partial charge in [0.25, 0.3) is 0 Å². The molecule has 0 saturated heterocycles. The molecule has 0 heterocycles. The van der Waals surface area contributed by atoms with Gasteiger partial charge in [-0.3, -0.25) is 0 Å². The molecule has 26 heavy (non-hydrogen) atoms. The lowest BCUT2D eigenvalue weighted by molar-refractivity contribution is 0.220. The van der Waals surface area contributed by atoms with E-state index in [1.807, 2.05) is 0 Å². The molecule has 3 rings (SSSR count). The molecule has 0 fully saturated rings. The van der Waals surface area contributed by atoms with Crippen molar-refractivity contribution in [3.8, 4) is 5.75 Å². The second kappa shape index (κ2) is 7.29. The van der Waals surface area contributed by atoms with Crippen LogP contribution in [0.5, 0.6) is 5.75 Å². The van der Waals surface area contributed by atoms with Crippen LogP contribution in [-0.4, -0.2) is 23.7 Å². The fraction of sp³-hybridized carbons (Fsp3) is 0.100. The van der Waals surface area contributed by atoms with Crippen LogP contribution in [0.25, 0.3) is 0 Å². The average molecular weight is 370 g/mol. The van der Waals surface area contributed by atoms with Gasteiger partial charge in [0.15, 0.2) is 0 Å². The van der Waals surface area contributed by atoms with Crippen LogP contribution >= 0.6 is 0 Å². The normalized spacial score (nSPS) is 12.7. The van der Waals surface area contributed by atoms with Crippen LogP contribution < -0.4 is 0 Å². The monoisotopic (exact) mass is 370 g/mol. The number of hydrogen-bond donors (Lipinski definition) is 3. The molecule has 3 aromatic carbocycles. The minimum atomic E-state index is -3.69. The molecule has 3 N–H and O–H groups in total. The quantitative estimate of drug-likeness (QED) is 0.642. The maximum atomic E-state index is 12.6. The van der Waals surface area contributed by atoms with Crippen LogP contribution in [-0.2, 0) is 16.4 Å². The van der Waals surface area contributed by atoms with Crippen LogP contribution in [0.4, 0.5) is 0 Å². The standard InChI is InChI=1S/C20H18O5S/c21-13-14-1-3-15(4-2-14)20(23)16-5-9-18(10-6-16)26(24,25)19-11-7-17(22)8-12-19/h1-12,20-23H,13H2. The zero-order chi connectivity index (χ0) is 18.7. The van der Waals surface area contributed by atoms with Crippen LogP contribution in [0.15, 0.2) is 82.6 Å². The summed E-state index contributed by atoms with van der Waals surface area (Å²) in [6.45, 7) is -0.0693. The van der Waals surface area contributed by atoms with Crippen molar-refractivity contribution in [1.29, 1.82) is 0 Å². The highest BCUT2D eigenvalue weighted by Crippen LogP contribution is 2.26. The van der Waals surface area contributed by atoms with Gasteiger partial charge in [0.05, 0.1) is 16.4 Å². The number of rotatable bonds is 5. The minimum Gasteiger partial charge on any atom is -0.508 e. The summed E-state index contributed by atoms with van der Waals surface area (Å²) in [5.41, 5.74) is 1.96. The van der Waals surface area contributed by atoms with Crippen LogP contribution in [0.2, 0.25) is 0 Å². The number of aromatic hydroxyl groups is 1. The predicted octanol–water partition coefficient (Wildman–Crippen LogP) is 2.80. The van der Waals surface area contributed by atoms with E-state index in [0.717, 1.165) is 5.56 Å². The highest BCUT2D eigenvalue weighted by Gasteiger charge is 2.18. The SMILES string of the molecule is O=S(=O)(c1ccc(O)cc1)c1ccc(C(O)c2ccc(CO)cc2)cc1. The van der Waals surface area contributed by atoms with Gasteiger partial charge >= 0.3 is 0 Å². The van der Waals surface area contributed by atoms with E-state index in [1.165, 1.54) is 36.4 Å². The van der Waals surface area contributed by atoms with Gasteiger partial charge in [-0.25, -0.2) is 8.42 Å². The molecule has 3 aromatic rings. The van der Waals surface area contributed by atoms with E-state index in [1.54, 1.807) is 36.4 Å². The summed E-state index contributed by atoms with van der Waals surface area (Å²) >= 11 is 0. The third-order valence-electron chi connectivity index (χ3n) is 4.13. The zero-order valence-corrected chi connectivity index (χ0v) is 14.6. The average Bonchev–Trinajstić information content (AvgIpc) is 2.68. The number of phenols is 1. The molecule has 134 valence electrons. The van der Waals surface area contributed by atoms with E-state index in [-0.39, 0.29) is 22.1 Å². The summed E-state index contributed by atoms with van der Waals surface area (Å²) in [5.74, 6) is -0.00497. The van der Waals surface area contributed by atoms with E-state index >= 15 is 0 Å². The van der Waals surface area contributed by atoms with E-state index in [9.17, 15) is 18.6 Å². The van der Waals surface area contributed by atoms with Gasteiger partial charge < -0.3 is 15.3 Å². The van der Waals surface area contributed by atoms with Crippen molar-refractivity contribution in [2.45, 2.75) is 22.5 Å². The Hall–Kier alpha value is -2.67. The van der Waals surface area contributed by atoms with Crippen molar-refractivity contribution in [3.63, 3.8) is 0 Å². The summed E-state index contributed by atoms with van der Waals surface area (Å²) in [4.78, 5) is 0.193. The molecule has 0 spiro atoms. The van der Waals surface area contributed by atoms with Crippen molar-refractivity contribution >= 4 is 9.84 Å². The van der Waals surface area contributed by atoms with Crippen LogP contribution in [0.1, 0.15) is 22.8 Å². The molecule has 5 nitrogen and oxygen atoms in total. The van der Waals surface area contributed by atoms with E-state index < -0.39 is 15.9 Å². The third kappa shape index (κ3) is 3.62. The molecule has 6 heteroatoms. The molecule has 0 saturated carbocycles. The van der Waals surface area contributed by atoms with E-state index in [4.69, 9.17) is 5.11 Å². The van der Waals surface area contributed by atoms with Gasteiger partial charge in [-0.1, -0.05) is 36.4 Å². The van der Waals surface area contributed by atoms with Gasteiger partial charge in [-0.05, 0) is 53.1 Å². The van der Waals surface area contributed by atoms with Gasteiger partial charge in [-0.15, -0.1) is 0 Å². The Kier molecular flexibility index (Phi) is 5.08. The lowest BCUT2D eigenvalue weighted by atomic mass is 10.0. The van der Waals surface area contributed by atoms with Crippen molar-refractivity contribution in [2.75, 3.05) is 0 Å². The van der Waals surface area contributed by atoms with Crippen LogP contribution in [0.3, 0.4) is 0 Å². The maximum absolute atomic E-state index is 12.6. The largest absolute Gasteiger partial charge is 0.508 e. The highest BCUT2D eigenvalue weighted by molar-refractivity contribution is 7.91. The molecule has 0 aliphatic rings. The first kappa shape index (κ1) is 18.1. The number of phenolic OH excluding ortho intramolecular Hbond substituents is 1. The number of hydrogen-bond acceptors (Lipinski definition) is 5. The van der Waals surface area contributed by atoms with Gasteiger partial charge in [-0.2, -0.15) is 0 Å². The smallest absolute Gasteiger partial charge is 0.206 e. The first-order chi connectivity index (χ1) is 12.4. The number of benzene rings is 3. The Bertz CT molecular complexity index is 976. The molecule has 0 amide bonds. The van der Waals surface area contributed by atoms with Crippen molar-refractivity contribution in [3.05, 3.63) is 89.5 Å². The highest BCUT2D eigenvalue weighted by atomic mass is 32.2. The molecule has 0 bridgehead atoms. The molecule has 0 aromatic heterocycles.